The molecule has 2 nitrogen and oxygen atoms in total. The Hall–Kier alpha value is -2.22. The zero-order valence-electron chi connectivity index (χ0n) is 12.5. The maximum Gasteiger partial charge on any atom is 0.119 e. The molecule has 0 fully saturated rings. The van der Waals surface area contributed by atoms with Gasteiger partial charge in [0.1, 0.15) is 11.5 Å². The number of methoxy groups -OCH3 is 1. The van der Waals surface area contributed by atoms with Gasteiger partial charge in [-0.2, -0.15) is 0 Å². The first-order valence-electron chi connectivity index (χ1n) is 7.41. The van der Waals surface area contributed by atoms with E-state index in [9.17, 15) is 5.11 Å². The average Bonchev–Trinajstić information content (AvgIpc) is 2.54. The fourth-order valence-electron chi connectivity index (χ4n) is 3.16. The zero-order chi connectivity index (χ0) is 14.8. The van der Waals surface area contributed by atoms with Gasteiger partial charge in [-0.05, 0) is 71.4 Å². The van der Waals surface area contributed by atoms with Gasteiger partial charge in [0.15, 0.2) is 0 Å². The van der Waals surface area contributed by atoms with Gasteiger partial charge in [-0.25, -0.2) is 0 Å². The molecule has 2 aromatic rings. The van der Waals surface area contributed by atoms with Gasteiger partial charge >= 0.3 is 0 Å². The van der Waals surface area contributed by atoms with Crippen LogP contribution in [0.5, 0.6) is 11.5 Å². The third kappa shape index (κ3) is 2.54. The highest BCUT2D eigenvalue weighted by molar-refractivity contribution is 5.93. The number of aromatic hydroxyl groups is 1. The van der Waals surface area contributed by atoms with Crippen molar-refractivity contribution >= 4 is 11.1 Å². The largest absolute Gasteiger partial charge is 0.508 e. The molecule has 2 heteroatoms. The molecule has 0 unspecified atom stereocenters. The van der Waals surface area contributed by atoms with E-state index in [-0.39, 0.29) is 0 Å². The predicted molar refractivity (Wildman–Crippen MR) is 86.5 cm³/mol. The van der Waals surface area contributed by atoms with Crippen LogP contribution < -0.4 is 4.74 Å². The first-order chi connectivity index (χ1) is 10.2. The third-order valence-corrected chi connectivity index (χ3v) is 4.22. The van der Waals surface area contributed by atoms with Crippen molar-refractivity contribution in [3.8, 4) is 11.5 Å². The molecule has 0 radical (unpaired) electrons. The van der Waals surface area contributed by atoms with E-state index in [0.717, 1.165) is 25.0 Å². The quantitative estimate of drug-likeness (QED) is 0.885. The van der Waals surface area contributed by atoms with E-state index < -0.39 is 0 Å². The molecule has 1 aliphatic rings. The summed E-state index contributed by atoms with van der Waals surface area (Å²) in [7, 11) is 1.71. The number of rotatable bonds is 3. The molecule has 0 spiro atoms. The van der Waals surface area contributed by atoms with Gasteiger partial charge in [0.25, 0.3) is 0 Å². The smallest absolute Gasteiger partial charge is 0.119 e. The van der Waals surface area contributed by atoms with Crippen LogP contribution >= 0.6 is 0 Å². The first-order valence-corrected chi connectivity index (χ1v) is 7.41. The lowest BCUT2D eigenvalue weighted by atomic mass is 9.81. The summed E-state index contributed by atoms with van der Waals surface area (Å²) < 4.78 is 5.33. The summed E-state index contributed by atoms with van der Waals surface area (Å²) in [6.07, 6.45) is 3.08. The van der Waals surface area contributed by atoms with E-state index in [1.165, 1.54) is 27.8 Å². The monoisotopic (exact) mass is 280 g/mol. The van der Waals surface area contributed by atoms with Gasteiger partial charge in [-0.3, -0.25) is 0 Å². The molecule has 0 heterocycles. The Bertz CT molecular complexity index is 681. The van der Waals surface area contributed by atoms with Gasteiger partial charge in [-0.15, -0.1) is 0 Å². The molecule has 108 valence electrons. The maximum atomic E-state index is 9.46. The predicted octanol–water partition coefficient (Wildman–Crippen LogP) is 4.67. The van der Waals surface area contributed by atoms with Crippen LogP contribution in [-0.2, 0) is 6.42 Å². The lowest BCUT2D eigenvalue weighted by Gasteiger charge is -2.24. The van der Waals surface area contributed by atoms with Crippen LogP contribution in [0.3, 0.4) is 0 Å². The van der Waals surface area contributed by atoms with Crippen LogP contribution in [0, 0.1) is 0 Å². The SMILES string of the molecule is CCC1=C(c2ccc(O)cc2)CCc2cc(OC)ccc21. The van der Waals surface area contributed by atoms with Crippen molar-refractivity contribution in [2.24, 2.45) is 0 Å². The molecule has 0 saturated carbocycles. The van der Waals surface area contributed by atoms with E-state index in [1.54, 1.807) is 19.2 Å². The van der Waals surface area contributed by atoms with Crippen molar-refractivity contribution in [1.29, 1.82) is 0 Å². The minimum atomic E-state index is 0.318. The van der Waals surface area contributed by atoms with Crippen LogP contribution in [0.15, 0.2) is 42.5 Å². The Morgan fingerprint density at radius 3 is 2.48 bits per heavy atom. The highest BCUT2D eigenvalue weighted by Gasteiger charge is 2.19. The molecule has 0 atom stereocenters. The first kappa shape index (κ1) is 13.7. The van der Waals surface area contributed by atoms with E-state index in [4.69, 9.17) is 4.74 Å². The summed E-state index contributed by atoms with van der Waals surface area (Å²) in [5, 5.41) is 9.46. The lowest BCUT2D eigenvalue weighted by Crippen LogP contribution is -2.05. The Labute approximate surface area is 125 Å². The lowest BCUT2D eigenvalue weighted by molar-refractivity contribution is 0.414. The molecule has 21 heavy (non-hydrogen) atoms. The van der Waals surface area contributed by atoms with Crippen molar-refractivity contribution in [1.82, 2.24) is 0 Å². The van der Waals surface area contributed by atoms with E-state index in [2.05, 4.69) is 19.1 Å². The highest BCUT2D eigenvalue weighted by atomic mass is 16.5. The van der Waals surface area contributed by atoms with Crippen molar-refractivity contribution < 1.29 is 9.84 Å². The van der Waals surface area contributed by atoms with Crippen molar-refractivity contribution in [3.63, 3.8) is 0 Å². The molecule has 0 aliphatic heterocycles. The molecule has 0 amide bonds. The number of allylic oxidation sites excluding steroid dienone is 2. The van der Waals surface area contributed by atoms with Gasteiger partial charge in [0.05, 0.1) is 7.11 Å². The molecule has 3 rings (SSSR count). The van der Waals surface area contributed by atoms with Gasteiger partial charge in [-0.1, -0.05) is 25.1 Å². The number of phenols is 1. The van der Waals surface area contributed by atoms with Crippen molar-refractivity contribution in [2.75, 3.05) is 7.11 Å². The Balaban J connectivity index is 2.10. The standard InChI is InChI=1S/C19H20O2/c1-3-17-18(13-4-7-15(20)8-5-13)10-6-14-12-16(21-2)9-11-19(14)17/h4-5,7-9,11-12,20H,3,6,10H2,1-2H3. The minimum absolute atomic E-state index is 0.318. The fourth-order valence-corrected chi connectivity index (χ4v) is 3.16. The maximum absolute atomic E-state index is 9.46. The number of phenolic OH excluding ortho intramolecular Hbond substituents is 1. The Morgan fingerprint density at radius 1 is 1.05 bits per heavy atom. The molecule has 0 saturated heterocycles. The van der Waals surface area contributed by atoms with Crippen LogP contribution in [0.4, 0.5) is 0 Å². The second kappa shape index (κ2) is 5.65. The summed E-state index contributed by atoms with van der Waals surface area (Å²) in [4.78, 5) is 0. The third-order valence-electron chi connectivity index (χ3n) is 4.22. The van der Waals surface area contributed by atoms with Crippen LogP contribution in [0.25, 0.3) is 11.1 Å². The Morgan fingerprint density at radius 2 is 1.81 bits per heavy atom. The van der Waals surface area contributed by atoms with Gasteiger partial charge < -0.3 is 9.84 Å². The normalized spacial score (nSPS) is 14.0. The van der Waals surface area contributed by atoms with Gasteiger partial charge in [0, 0.05) is 0 Å². The zero-order valence-corrected chi connectivity index (χ0v) is 12.5. The number of hydrogen-bond acceptors (Lipinski definition) is 2. The molecular formula is C19H20O2. The number of fused-ring (bicyclic) bond motifs is 1. The van der Waals surface area contributed by atoms with E-state index in [0.29, 0.717) is 5.75 Å². The van der Waals surface area contributed by atoms with Crippen molar-refractivity contribution in [2.45, 2.75) is 26.2 Å². The number of ether oxygens (including phenoxy) is 1. The average molecular weight is 280 g/mol. The van der Waals surface area contributed by atoms with Crippen LogP contribution in [0.1, 0.15) is 36.5 Å². The van der Waals surface area contributed by atoms with E-state index >= 15 is 0 Å². The molecule has 2 aromatic carbocycles. The second-order valence-corrected chi connectivity index (χ2v) is 5.38. The molecule has 0 bridgehead atoms. The fraction of sp³-hybridized carbons (Fsp3) is 0.263. The topological polar surface area (TPSA) is 29.5 Å². The summed E-state index contributed by atoms with van der Waals surface area (Å²) >= 11 is 0. The second-order valence-electron chi connectivity index (χ2n) is 5.38. The van der Waals surface area contributed by atoms with Crippen LogP contribution in [0.2, 0.25) is 0 Å². The summed E-state index contributed by atoms with van der Waals surface area (Å²) in [6.45, 7) is 2.20. The number of aryl methyl sites for hydroxylation is 1. The Kier molecular flexibility index (Phi) is 3.70. The summed E-state index contributed by atoms with van der Waals surface area (Å²) in [5.41, 5.74) is 6.73. The highest BCUT2D eigenvalue weighted by Crippen LogP contribution is 2.39. The van der Waals surface area contributed by atoms with Crippen molar-refractivity contribution in [3.05, 3.63) is 59.2 Å². The minimum Gasteiger partial charge on any atom is -0.508 e. The summed E-state index contributed by atoms with van der Waals surface area (Å²) in [6, 6.07) is 13.9. The number of hydrogen-bond donors (Lipinski definition) is 1. The molecule has 0 aromatic heterocycles. The molecule has 1 N–H and O–H groups in total. The number of benzene rings is 2. The van der Waals surface area contributed by atoms with E-state index in [1.807, 2.05) is 18.2 Å². The van der Waals surface area contributed by atoms with Crippen LogP contribution in [-0.4, -0.2) is 12.2 Å². The molecule has 1 aliphatic carbocycles. The summed E-state index contributed by atoms with van der Waals surface area (Å²) in [5.74, 6) is 1.25. The molecular weight excluding hydrogens is 260 g/mol. The van der Waals surface area contributed by atoms with Gasteiger partial charge in [0.2, 0.25) is 0 Å².